The number of carbonyl (C=O) groups excluding carboxylic acids is 1. The second kappa shape index (κ2) is 16.7. The number of carboxylic acid groups (broad SMARTS) is 1. The predicted octanol–water partition coefficient (Wildman–Crippen LogP) is 3.97. The molecule has 0 aliphatic heterocycles. The lowest BCUT2D eigenvalue weighted by Gasteiger charge is -1.99. The molecule has 0 atom stereocenters. The molecule has 0 aromatic heterocycles. The molecule has 0 unspecified atom stereocenters. The molecule has 0 aliphatic rings. The van der Waals surface area contributed by atoms with Crippen LogP contribution in [-0.2, 0) is 4.79 Å². The van der Waals surface area contributed by atoms with E-state index in [-0.39, 0.29) is 0 Å². The summed E-state index contributed by atoms with van der Waals surface area (Å²) in [5, 5.41) is 10.0. The van der Waals surface area contributed by atoms with Gasteiger partial charge in [0, 0.05) is 4.47 Å². The molecule has 1 aromatic carbocycles. The van der Waals surface area contributed by atoms with Gasteiger partial charge in [-0.3, -0.25) is 0 Å². The Kier molecular flexibility index (Phi) is 15.9. The molecule has 1 aromatic rings. The van der Waals surface area contributed by atoms with Crippen LogP contribution in [-0.4, -0.2) is 12.5 Å². The van der Waals surface area contributed by atoms with Gasteiger partial charge in [-0.1, -0.05) is 86.0 Å². The fourth-order valence-electron chi connectivity index (χ4n) is 2.23. The molecular weight excluding hydrogens is 366 g/mol. The van der Waals surface area contributed by atoms with E-state index in [1.54, 1.807) is 0 Å². The van der Waals surface area contributed by atoms with Crippen LogP contribution >= 0.6 is 15.9 Å². The molecule has 0 amide bonds. The number of hydrogen-bond acceptors (Lipinski definition) is 2. The van der Waals surface area contributed by atoms with Crippen molar-refractivity contribution in [1.29, 1.82) is 0 Å². The van der Waals surface area contributed by atoms with Crippen LogP contribution in [0.3, 0.4) is 0 Å². The maximum atomic E-state index is 10.0. The molecule has 0 aliphatic carbocycles. The predicted molar refractivity (Wildman–Crippen MR) is 103 cm³/mol. The van der Waals surface area contributed by atoms with Crippen molar-refractivity contribution in [3.63, 3.8) is 0 Å². The molecule has 4 heteroatoms. The van der Waals surface area contributed by atoms with Crippen molar-refractivity contribution in [2.45, 2.75) is 64.7 Å². The van der Waals surface area contributed by atoms with Gasteiger partial charge in [0.15, 0.2) is 0 Å². The number of quaternary nitrogens is 1. The molecule has 0 radical (unpaired) electrons. The van der Waals surface area contributed by atoms with Crippen molar-refractivity contribution in [3.05, 3.63) is 40.4 Å². The number of rotatable bonds is 11. The van der Waals surface area contributed by atoms with Crippen molar-refractivity contribution in [2.75, 3.05) is 6.54 Å². The van der Waals surface area contributed by atoms with Crippen molar-refractivity contribution in [1.82, 2.24) is 0 Å². The SMILES string of the molecule is CCCCCCCCCCC[NH3+].O=C([O-])/C=C/c1ccc(Br)cc1. The van der Waals surface area contributed by atoms with Gasteiger partial charge in [-0.05, 0) is 36.6 Å². The summed E-state index contributed by atoms with van der Waals surface area (Å²) in [5.41, 5.74) is 4.68. The van der Waals surface area contributed by atoms with E-state index in [4.69, 9.17) is 0 Å². The van der Waals surface area contributed by atoms with Gasteiger partial charge in [-0.2, -0.15) is 0 Å². The molecule has 0 fully saturated rings. The van der Waals surface area contributed by atoms with Crippen LogP contribution in [0.1, 0.15) is 70.3 Å². The van der Waals surface area contributed by atoms with Gasteiger partial charge < -0.3 is 15.6 Å². The Labute approximate surface area is 155 Å². The first-order chi connectivity index (χ1) is 11.6. The zero-order valence-corrected chi connectivity index (χ0v) is 16.5. The molecule has 3 N–H and O–H groups in total. The second-order valence-corrected chi connectivity index (χ2v) is 6.80. The highest BCUT2D eigenvalue weighted by atomic mass is 79.9. The first kappa shape index (κ1) is 22.9. The third kappa shape index (κ3) is 15.8. The fraction of sp³-hybridized carbons (Fsp3) is 0.550. The lowest BCUT2D eigenvalue weighted by atomic mass is 10.1. The molecule has 1 rings (SSSR count). The lowest BCUT2D eigenvalue weighted by molar-refractivity contribution is -0.368. The van der Waals surface area contributed by atoms with Crippen LogP contribution in [0, 0.1) is 0 Å². The maximum Gasteiger partial charge on any atom is 0.0739 e. The van der Waals surface area contributed by atoms with Gasteiger partial charge in [0.05, 0.1) is 12.5 Å². The van der Waals surface area contributed by atoms with E-state index in [0.717, 1.165) is 22.7 Å². The quantitative estimate of drug-likeness (QED) is 0.453. The van der Waals surface area contributed by atoms with Gasteiger partial charge in [-0.15, -0.1) is 0 Å². The number of hydrogen-bond donors (Lipinski definition) is 1. The third-order valence-corrected chi connectivity index (χ3v) is 4.16. The third-order valence-electron chi connectivity index (χ3n) is 3.64. The fourth-order valence-corrected chi connectivity index (χ4v) is 2.49. The molecule has 0 bridgehead atoms. The van der Waals surface area contributed by atoms with Crippen LogP contribution < -0.4 is 10.8 Å². The number of carboxylic acids is 1. The summed E-state index contributed by atoms with van der Waals surface area (Å²) in [5.74, 6) is -1.18. The van der Waals surface area contributed by atoms with Crippen molar-refractivity contribution in [3.8, 4) is 0 Å². The van der Waals surface area contributed by atoms with Gasteiger partial charge in [0.25, 0.3) is 0 Å². The molecular formula is C20H32BrNO2. The smallest absolute Gasteiger partial charge is 0.0739 e. The van der Waals surface area contributed by atoms with Crippen LogP contribution in [0.5, 0.6) is 0 Å². The summed E-state index contributed by atoms with van der Waals surface area (Å²) in [4.78, 5) is 10.0. The minimum Gasteiger partial charge on any atom is -0.545 e. The van der Waals surface area contributed by atoms with Gasteiger partial charge in [0.2, 0.25) is 0 Å². The van der Waals surface area contributed by atoms with Crippen molar-refractivity contribution < 1.29 is 15.6 Å². The van der Waals surface area contributed by atoms with Crippen LogP contribution in [0.2, 0.25) is 0 Å². The lowest BCUT2D eigenvalue weighted by Crippen LogP contribution is -2.50. The summed E-state index contributed by atoms with van der Waals surface area (Å²) >= 11 is 3.27. The number of benzene rings is 1. The van der Waals surface area contributed by atoms with Crippen LogP contribution in [0.25, 0.3) is 6.08 Å². The van der Waals surface area contributed by atoms with E-state index in [0.29, 0.717) is 0 Å². The first-order valence-electron chi connectivity index (χ1n) is 9.04. The van der Waals surface area contributed by atoms with Crippen molar-refractivity contribution in [2.24, 2.45) is 0 Å². The molecule has 136 valence electrons. The molecule has 0 saturated heterocycles. The summed E-state index contributed by atoms with van der Waals surface area (Å²) in [6.45, 7) is 3.39. The van der Waals surface area contributed by atoms with E-state index in [9.17, 15) is 9.90 Å². The first-order valence-corrected chi connectivity index (χ1v) is 9.83. The Hall–Kier alpha value is -1.13. The standard InChI is InChI=1S/C11H25N.C9H7BrO2/c1-2-3-4-5-6-7-8-9-10-11-12;10-8-4-1-7(2-5-8)3-6-9(11)12/h2-12H2,1H3;1-6H,(H,11,12)/b;6-3+. The number of carbonyl (C=O) groups is 1. The summed E-state index contributed by atoms with van der Waals surface area (Å²) in [6, 6.07) is 7.30. The second-order valence-electron chi connectivity index (χ2n) is 5.89. The normalized spacial score (nSPS) is 10.5. The minimum atomic E-state index is -1.18. The maximum absolute atomic E-state index is 10.0. The number of aliphatic carboxylic acids is 1. The Morgan fingerprint density at radius 1 is 1.00 bits per heavy atom. The highest BCUT2D eigenvalue weighted by Crippen LogP contribution is 2.11. The Balaban J connectivity index is 0.000000441. The van der Waals surface area contributed by atoms with Crippen LogP contribution in [0.4, 0.5) is 0 Å². The number of halogens is 1. The highest BCUT2D eigenvalue weighted by Gasteiger charge is 1.90. The molecule has 24 heavy (non-hydrogen) atoms. The summed E-state index contributed by atoms with van der Waals surface area (Å²) in [7, 11) is 0. The number of unbranched alkanes of at least 4 members (excludes halogenated alkanes) is 8. The van der Waals surface area contributed by atoms with E-state index in [1.165, 1.54) is 63.9 Å². The Bertz CT molecular complexity index is 433. The molecule has 0 spiro atoms. The van der Waals surface area contributed by atoms with E-state index in [1.807, 2.05) is 24.3 Å². The molecule has 0 heterocycles. The van der Waals surface area contributed by atoms with Gasteiger partial charge >= 0.3 is 0 Å². The monoisotopic (exact) mass is 397 g/mol. The largest absolute Gasteiger partial charge is 0.545 e. The minimum absolute atomic E-state index is 0.836. The molecule has 0 saturated carbocycles. The van der Waals surface area contributed by atoms with Gasteiger partial charge in [0.1, 0.15) is 0 Å². The summed E-state index contributed by atoms with van der Waals surface area (Å²) in [6.07, 6.45) is 15.3. The zero-order chi connectivity index (χ0) is 18.0. The molecule has 3 nitrogen and oxygen atoms in total. The summed E-state index contributed by atoms with van der Waals surface area (Å²) < 4.78 is 0.966. The average molecular weight is 398 g/mol. The van der Waals surface area contributed by atoms with Crippen LogP contribution in [0.15, 0.2) is 34.8 Å². The zero-order valence-electron chi connectivity index (χ0n) is 14.9. The average Bonchev–Trinajstić information content (AvgIpc) is 2.57. The topological polar surface area (TPSA) is 67.8 Å². The van der Waals surface area contributed by atoms with Crippen molar-refractivity contribution >= 4 is 28.0 Å². The Morgan fingerprint density at radius 2 is 1.50 bits per heavy atom. The highest BCUT2D eigenvalue weighted by molar-refractivity contribution is 9.10. The van der Waals surface area contributed by atoms with E-state index >= 15 is 0 Å². The Morgan fingerprint density at radius 3 is 1.96 bits per heavy atom. The van der Waals surface area contributed by atoms with Gasteiger partial charge in [-0.25, -0.2) is 0 Å². The van der Waals surface area contributed by atoms with E-state index in [2.05, 4.69) is 28.6 Å². The van der Waals surface area contributed by atoms with E-state index < -0.39 is 5.97 Å².